The molecule has 2 aromatic rings. The number of aryl methyl sites for hydroxylation is 1. The van der Waals surface area contributed by atoms with Gasteiger partial charge in [-0.25, -0.2) is 4.57 Å². The van der Waals surface area contributed by atoms with Gasteiger partial charge in [-0.1, -0.05) is 24.3 Å². The second-order valence-corrected chi connectivity index (χ2v) is 7.61. The second kappa shape index (κ2) is 10.8. The van der Waals surface area contributed by atoms with Gasteiger partial charge in [0.15, 0.2) is 12.4 Å². The molecule has 0 atom stereocenters. The fourth-order valence-corrected chi connectivity index (χ4v) is 3.16. The standard InChI is InChI=1S/C22H30N3OS/c1-23-16-12-20(13-17-23)7-6-19-8-10-21(11-9-19)24(2)14-5-15-25(3)22(26)18-27-4/h6-13,16-17H,5,14-15,18H2,1-4H3/q+1. The number of hydrogen-bond donors (Lipinski definition) is 0. The van der Waals surface area contributed by atoms with Crippen molar-refractivity contribution in [2.75, 3.05) is 44.1 Å². The third-order valence-electron chi connectivity index (χ3n) is 4.49. The minimum Gasteiger partial charge on any atom is -0.375 e. The van der Waals surface area contributed by atoms with Gasteiger partial charge in [0.2, 0.25) is 5.91 Å². The quantitative estimate of drug-likeness (QED) is 0.621. The molecule has 4 nitrogen and oxygen atoms in total. The first-order valence-electron chi connectivity index (χ1n) is 9.17. The highest BCUT2D eigenvalue weighted by atomic mass is 32.2. The van der Waals surface area contributed by atoms with Crippen molar-refractivity contribution < 1.29 is 9.36 Å². The van der Waals surface area contributed by atoms with Crippen LogP contribution in [0.25, 0.3) is 12.2 Å². The molecule has 2 rings (SSSR count). The Labute approximate surface area is 167 Å². The third-order valence-corrected chi connectivity index (χ3v) is 5.02. The Morgan fingerprint density at radius 2 is 1.59 bits per heavy atom. The van der Waals surface area contributed by atoms with E-state index in [-0.39, 0.29) is 5.91 Å². The number of aromatic nitrogens is 1. The zero-order chi connectivity index (χ0) is 19.6. The summed E-state index contributed by atoms with van der Waals surface area (Å²) >= 11 is 1.57. The zero-order valence-electron chi connectivity index (χ0n) is 16.8. The van der Waals surface area contributed by atoms with Crippen LogP contribution in [0.4, 0.5) is 5.69 Å². The maximum absolute atomic E-state index is 11.8. The molecule has 0 aliphatic carbocycles. The van der Waals surface area contributed by atoms with Gasteiger partial charge in [-0.3, -0.25) is 4.79 Å². The maximum Gasteiger partial charge on any atom is 0.232 e. The van der Waals surface area contributed by atoms with Gasteiger partial charge in [-0.2, -0.15) is 11.8 Å². The lowest BCUT2D eigenvalue weighted by Crippen LogP contribution is -2.31. The van der Waals surface area contributed by atoms with Crippen LogP contribution in [0.5, 0.6) is 0 Å². The minimum atomic E-state index is 0.202. The van der Waals surface area contributed by atoms with Crippen molar-refractivity contribution in [2.45, 2.75) is 6.42 Å². The SMILES string of the molecule is CSCC(=O)N(C)CCCN(C)c1ccc(/C=C/c2cc[n+](C)cc2)cc1. The van der Waals surface area contributed by atoms with Crippen LogP contribution in [0.1, 0.15) is 17.5 Å². The van der Waals surface area contributed by atoms with E-state index in [0.29, 0.717) is 5.75 Å². The van der Waals surface area contributed by atoms with Gasteiger partial charge in [0.05, 0.1) is 5.75 Å². The normalized spacial score (nSPS) is 11.0. The molecule has 1 heterocycles. The number of amides is 1. The Morgan fingerprint density at radius 3 is 2.19 bits per heavy atom. The molecule has 0 saturated heterocycles. The molecule has 0 N–H and O–H groups in total. The first-order valence-corrected chi connectivity index (χ1v) is 10.6. The fourth-order valence-electron chi connectivity index (χ4n) is 2.69. The van der Waals surface area contributed by atoms with E-state index in [1.165, 1.54) is 16.8 Å². The number of carbonyl (C=O) groups excluding carboxylic acids is 1. The smallest absolute Gasteiger partial charge is 0.232 e. The molecule has 0 unspecified atom stereocenters. The number of anilines is 1. The zero-order valence-corrected chi connectivity index (χ0v) is 17.6. The van der Waals surface area contributed by atoms with Gasteiger partial charge in [0.25, 0.3) is 0 Å². The predicted molar refractivity (Wildman–Crippen MR) is 117 cm³/mol. The monoisotopic (exact) mass is 384 g/mol. The van der Waals surface area contributed by atoms with Crippen molar-refractivity contribution >= 4 is 35.5 Å². The fraction of sp³-hybridized carbons (Fsp3) is 0.364. The number of nitrogens with zero attached hydrogens (tertiary/aromatic N) is 3. The first-order chi connectivity index (χ1) is 13.0. The number of carbonyl (C=O) groups is 1. The molecule has 144 valence electrons. The third kappa shape index (κ3) is 7.10. The number of hydrogen-bond acceptors (Lipinski definition) is 3. The van der Waals surface area contributed by atoms with E-state index in [1.807, 2.05) is 42.2 Å². The topological polar surface area (TPSA) is 27.4 Å². The maximum atomic E-state index is 11.8. The highest BCUT2D eigenvalue weighted by molar-refractivity contribution is 7.99. The van der Waals surface area contributed by atoms with Crippen LogP contribution in [-0.2, 0) is 11.8 Å². The molecule has 1 aromatic carbocycles. The average molecular weight is 385 g/mol. The van der Waals surface area contributed by atoms with Crippen molar-refractivity contribution in [3.05, 3.63) is 59.9 Å². The van der Waals surface area contributed by atoms with Crippen molar-refractivity contribution in [1.29, 1.82) is 0 Å². The van der Waals surface area contributed by atoms with Crippen LogP contribution < -0.4 is 9.47 Å². The molecule has 27 heavy (non-hydrogen) atoms. The van der Waals surface area contributed by atoms with E-state index in [9.17, 15) is 4.79 Å². The van der Waals surface area contributed by atoms with Gasteiger partial charge in [0.1, 0.15) is 7.05 Å². The molecular formula is C22H30N3OS+. The van der Waals surface area contributed by atoms with E-state index in [1.54, 1.807) is 11.8 Å². The summed E-state index contributed by atoms with van der Waals surface area (Å²) in [5, 5.41) is 0. The lowest BCUT2D eigenvalue weighted by molar-refractivity contribution is -0.671. The van der Waals surface area contributed by atoms with Gasteiger partial charge in [-0.15, -0.1) is 0 Å². The lowest BCUT2D eigenvalue weighted by Gasteiger charge is -2.22. The summed E-state index contributed by atoms with van der Waals surface area (Å²) in [6, 6.07) is 12.8. The van der Waals surface area contributed by atoms with Crippen molar-refractivity contribution in [3.63, 3.8) is 0 Å². The molecule has 0 fully saturated rings. The van der Waals surface area contributed by atoms with Crippen LogP contribution in [-0.4, -0.2) is 50.0 Å². The van der Waals surface area contributed by atoms with Crippen molar-refractivity contribution in [1.82, 2.24) is 4.90 Å². The summed E-state index contributed by atoms with van der Waals surface area (Å²) < 4.78 is 2.03. The second-order valence-electron chi connectivity index (χ2n) is 6.75. The van der Waals surface area contributed by atoms with Gasteiger partial charge < -0.3 is 9.80 Å². The Hall–Kier alpha value is -2.27. The molecule has 0 aliphatic heterocycles. The van der Waals surface area contributed by atoms with Gasteiger partial charge >= 0.3 is 0 Å². The van der Waals surface area contributed by atoms with Crippen LogP contribution in [0.3, 0.4) is 0 Å². The molecule has 0 saturated carbocycles. The molecule has 1 aromatic heterocycles. The summed E-state index contributed by atoms with van der Waals surface area (Å²) in [6.45, 7) is 1.71. The largest absolute Gasteiger partial charge is 0.375 e. The molecule has 0 bridgehead atoms. The lowest BCUT2D eigenvalue weighted by atomic mass is 10.1. The van der Waals surface area contributed by atoms with Crippen LogP contribution >= 0.6 is 11.8 Å². The van der Waals surface area contributed by atoms with Crippen molar-refractivity contribution in [3.8, 4) is 0 Å². The molecule has 0 aliphatic rings. The van der Waals surface area contributed by atoms with E-state index < -0.39 is 0 Å². The molecular weight excluding hydrogens is 354 g/mol. The number of thioether (sulfide) groups is 1. The first kappa shape index (κ1) is 21.0. The highest BCUT2D eigenvalue weighted by Crippen LogP contribution is 2.16. The Kier molecular flexibility index (Phi) is 8.40. The van der Waals surface area contributed by atoms with Crippen LogP contribution in [0, 0.1) is 0 Å². The number of pyridine rings is 1. The Morgan fingerprint density at radius 1 is 1.00 bits per heavy atom. The Balaban J connectivity index is 1.83. The summed E-state index contributed by atoms with van der Waals surface area (Å²) in [5.41, 5.74) is 3.56. The number of rotatable bonds is 9. The Bertz CT molecular complexity index is 741. The van der Waals surface area contributed by atoms with Gasteiger partial charge in [-0.05, 0) is 35.9 Å². The van der Waals surface area contributed by atoms with E-state index in [2.05, 4.69) is 60.5 Å². The minimum absolute atomic E-state index is 0.202. The summed E-state index contributed by atoms with van der Waals surface area (Å²) in [4.78, 5) is 15.8. The average Bonchev–Trinajstić information content (AvgIpc) is 2.68. The van der Waals surface area contributed by atoms with E-state index in [4.69, 9.17) is 0 Å². The summed E-state index contributed by atoms with van der Waals surface area (Å²) in [7, 11) is 5.99. The molecule has 0 radical (unpaired) electrons. The van der Waals surface area contributed by atoms with Crippen LogP contribution in [0.2, 0.25) is 0 Å². The van der Waals surface area contributed by atoms with Crippen LogP contribution in [0.15, 0.2) is 48.8 Å². The van der Waals surface area contributed by atoms with E-state index >= 15 is 0 Å². The van der Waals surface area contributed by atoms with E-state index in [0.717, 1.165) is 19.5 Å². The molecule has 1 amide bonds. The summed E-state index contributed by atoms with van der Waals surface area (Å²) in [5.74, 6) is 0.761. The predicted octanol–water partition coefficient (Wildman–Crippen LogP) is 3.33. The molecule has 5 heteroatoms. The number of benzene rings is 1. The van der Waals surface area contributed by atoms with Crippen molar-refractivity contribution in [2.24, 2.45) is 7.05 Å². The highest BCUT2D eigenvalue weighted by Gasteiger charge is 2.08. The van der Waals surface area contributed by atoms with Gasteiger partial charge in [0, 0.05) is 45.0 Å². The summed E-state index contributed by atoms with van der Waals surface area (Å²) in [6.07, 6.45) is 11.3. The molecule has 0 spiro atoms.